The van der Waals surface area contributed by atoms with Gasteiger partial charge in [-0.1, -0.05) is 18.6 Å². The summed E-state index contributed by atoms with van der Waals surface area (Å²) in [6.45, 7) is 1.47. The second-order valence-corrected chi connectivity index (χ2v) is 9.12. The average molecular weight is 340 g/mol. The lowest BCUT2D eigenvalue weighted by atomic mass is 9.91. The normalized spacial score (nSPS) is 27.2. The zero-order valence-electron chi connectivity index (χ0n) is 14.0. The van der Waals surface area contributed by atoms with E-state index < -0.39 is 10.0 Å². The topological polar surface area (TPSA) is 57.7 Å². The smallest absolute Gasteiger partial charge is 0.226 e. The van der Waals surface area contributed by atoms with Gasteiger partial charge in [0.1, 0.15) is 0 Å². The van der Waals surface area contributed by atoms with Gasteiger partial charge in [0.2, 0.25) is 15.9 Å². The van der Waals surface area contributed by atoms with Crippen molar-refractivity contribution in [1.29, 1.82) is 0 Å². The lowest BCUT2D eigenvalue weighted by Crippen LogP contribution is -2.50. The second kappa shape index (κ2) is 6.93. The van der Waals surface area contributed by atoms with Crippen molar-refractivity contribution in [2.24, 2.45) is 5.92 Å². The third kappa shape index (κ3) is 3.79. The number of likely N-dealkylation sites (tertiary alicyclic amines) is 1. The fourth-order valence-electron chi connectivity index (χ4n) is 4.11. The molecule has 0 N–H and O–H groups in total. The van der Waals surface area contributed by atoms with Gasteiger partial charge >= 0.3 is 0 Å². The Morgan fingerprint density at radius 2 is 1.61 bits per heavy atom. The van der Waals surface area contributed by atoms with Crippen molar-refractivity contribution in [3.05, 3.63) is 12.2 Å². The maximum atomic E-state index is 12.6. The first-order valence-corrected chi connectivity index (χ1v) is 10.7. The van der Waals surface area contributed by atoms with Gasteiger partial charge in [0, 0.05) is 31.1 Å². The lowest BCUT2D eigenvalue weighted by molar-refractivity contribution is -0.135. The molecule has 3 aliphatic rings. The predicted octanol–water partition coefficient (Wildman–Crippen LogP) is 2.15. The Kier molecular flexibility index (Phi) is 5.11. The Bertz CT molecular complexity index is 560. The largest absolute Gasteiger partial charge is 0.342 e. The van der Waals surface area contributed by atoms with Crippen LogP contribution in [0.1, 0.15) is 51.4 Å². The molecule has 1 saturated carbocycles. The van der Waals surface area contributed by atoms with E-state index in [-0.39, 0.29) is 23.9 Å². The van der Waals surface area contributed by atoms with Crippen molar-refractivity contribution in [2.75, 3.05) is 19.3 Å². The van der Waals surface area contributed by atoms with Gasteiger partial charge in [0.15, 0.2) is 0 Å². The van der Waals surface area contributed by atoms with E-state index in [9.17, 15) is 13.2 Å². The first-order valence-electron chi connectivity index (χ1n) is 8.89. The highest BCUT2D eigenvalue weighted by molar-refractivity contribution is 7.88. The fraction of sp³-hybridized carbons (Fsp3) is 0.824. The summed E-state index contributed by atoms with van der Waals surface area (Å²) in [5, 5.41) is 0. The van der Waals surface area contributed by atoms with Gasteiger partial charge in [-0.2, -0.15) is 4.31 Å². The Morgan fingerprint density at radius 1 is 1.00 bits per heavy atom. The number of hydrogen-bond acceptors (Lipinski definition) is 3. The van der Waals surface area contributed by atoms with Crippen LogP contribution >= 0.6 is 0 Å². The standard InChI is InChI=1S/C17H28N2O3S/c1-23(21,22)19(15-8-4-9-15)16-10-5-12-18(13-11-16)17(20)14-6-2-3-7-14/h2-3,14-16H,4-13H2,1H3/t16-/m0/s1. The highest BCUT2D eigenvalue weighted by Crippen LogP contribution is 2.32. The molecule has 1 heterocycles. The Balaban J connectivity index is 1.64. The van der Waals surface area contributed by atoms with Crippen molar-refractivity contribution < 1.29 is 13.2 Å². The van der Waals surface area contributed by atoms with Gasteiger partial charge in [0.25, 0.3) is 0 Å². The van der Waals surface area contributed by atoms with E-state index in [2.05, 4.69) is 12.2 Å². The first kappa shape index (κ1) is 17.0. The Labute approximate surface area is 139 Å². The van der Waals surface area contributed by atoms with Gasteiger partial charge < -0.3 is 4.90 Å². The summed E-state index contributed by atoms with van der Waals surface area (Å²) in [5.41, 5.74) is 0. The number of sulfonamides is 1. The molecule has 0 bridgehead atoms. The maximum absolute atomic E-state index is 12.6. The number of allylic oxidation sites excluding steroid dienone is 2. The van der Waals surface area contributed by atoms with Gasteiger partial charge in [-0.25, -0.2) is 8.42 Å². The number of hydrogen-bond donors (Lipinski definition) is 0. The molecule has 1 saturated heterocycles. The molecular formula is C17H28N2O3S. The zero-order valence-corrected chi connectivity index (χ0v) is 14.8. The molecule has 1 amide bonds. The van der Waals surface area contributed by atoms with Crippen molar-refractivity contribution in [3.8, 4) is 0 Å². The van der Waals surface area contributed by atoms with Crippen LogP contribution in [0.4, 0.5) is 0 Å². The summed E-state index contributed by atoms with van der Waals surface area (Å²) in [4.78, 5) is 14.6. The van der Waals surface area contributed by atoms with Crippen molar-refractivity contribution in [2.45, 2.75) is 63.5 Å². The molecule has 0 unspecified atom stereocenters. The van der Waals surface area contributed by atoms with Crippen LogP contribution in [0.3, 0.4) is 0 Å². The van der Waals surface area contributed by atoms with Gasteiger partial charge in [0.05, 0.1) is 6.26 Å². The summed E-state index contributed by atoms with van der Waals surface area (Å²) >= 11 is 0. The van der Waals surface area contributed by atoms with Crippen LogP contribution in [0.15, 0.2) is 12.2 Å². The number of nitrogens with zero attached hydrogens (tertiary/aromatic N) is 2. The third-order valence-corrected chi connectivity index (χ3v) is 6.91. The summed E-state index contributed by atoms with van der Waals surface area (Å²) in [6, 6.07) is 0.256. The average Bonchev–Trinajstić information content (AvgIpc) is 2.86. The van der Waals surface area contributed by atoms with Crippen LogP contribution in [0, 0.1) is 5.92 Å². The lowest BCUT2D eigenvalue weighted by Gasteiger charge is -2.40. The van der Waals surface area contributed by atoms with E-state index in [0.29, 0.717) is 6.54 Å². The van der Waals surface area contributed by atoms with Crippen LogP contribution in [0.25, 0.3) is 0 Å². The number of rotatable bonds is 4. The monoisotopic (exact) mass is 340 g/mol. The molecule has 0 aromatic carbocycles. The third-order valence-electron chi connectivity index (χ3n) is 5.54. The molecule has 0 aromatic heterocycles. The molecule has 3 rings (SSSR count). The summed E-state index contributed by atoms with van der Waals surface area (Å²) in [6.07, 6.45) is 12.9. The van der Waals surface area contributed by atoms with Crippen LogP contribution in [-0.4, -0.2) is 55.0 Å². The van der Waals surface area contributed by atoms with E-state index in [0.717, 1.165) is 57.9 Å². The number of amides is 1. The molecule has 6 heteroatoms. The summed E-state index contributed by atoms with van der Waals surface area (Å²) in [5.74, 6) is 0.370. The van der Waals surface area contributed by atoms with Crippen LogP contribution in [0.2, 0.25) is 0 Å². The zero-order chi connectivity index (χ0) is 16.4. The molecule has 2 fully saturated rings. The molecule has 0 aromatic rings. The summed E-state index contributed by atoms with van der Waals surface area (Å²) < 4.78 is 26.2. The molecule has 1 atom stereocenters. The quantitative estimate of drug-likeness (QED) is 0.737. The molecule has 0 spiro atoms. The predicted molar refractivity (Wildman–Crippen MR) is 90.4 cm³/mol. The van der Waals surface area contributed by atoms with Crippen molar-refractivity contribution in [1.82, 2.24) is 9.21 Å². The maximum Gasteiger partial charge on any atom is 0.226 e. The fourth-order valence-corrected chi connectivity index (χ4v) is 5.62. The van der Waals surface area contributed by atoms with Crippen molar-refractivity contribution >= 4 is 15.9 Å². The molecular weight excluding hydrogens is 312 g/mol. The highest BCUT2D eigenvalue weighted by atomic mass is 32.2. The van der Waals surface area contributed by atoms with E-state index >= 15 is 0 Å². The SMILES string of the molecule is CS(=O)(=O)N(C1CCC1)[C@H]1CCCN(C(=O)C2CC=CC2)CC1. The van der Waals surface area contributed by atoms with E-state index in [1.807, 2.05) is 4.90 Å². The van der Waals surface area contributed by atoms with E-state index in [4.69, 9.17) is 0 Å². The molecule has 0 radical (unpaired) electrons. The first-order chi connectivity index (χ1) is 11.0. The van der Waals surface area contributed by atoms with Gasteiger partial charge in [-0.15, -0.1) is 0 Å². The summed E-state index contributed by atoms with van der Waals surface area (Å²) in [7, 11) is -3.17. The number of carbonyl (C=O) groups is 1. The van der Waals surface area contributed by atoms with Crippen LogP contribution < -0.4 is 0 Å². The highest BCUT2D eigenvalue weighted by Gasteiger charge is 2.38. The molecule has 2 aliphatic carbocycles. The van der Waals surface area contributed by atoms with Gasteiger partial charge in [-0.3, -0.25) is 4.79 Å². The Morgan fingerprint density at radius 3 is 2.17 bits per heavy atom. The number of carbonyl (C=O) groups excluding carboxylic acids is 1. The van der Waals surface area contributed by atoms with E-state index in [1.165, 1.54) is 6.26 Å². The van der Waals surface area contributed by atoms with Crippen LogP contribution in [0.5, 0.6) is 0 Å². The minimum absolute atomic E-state index is 0.0646. The van der Waals surface area contributed by atoms with Crippen LogP contribution in [-0.2, 0) is 14.8 Å². The molecule has 5 nitrogen and oxygen atoms in total. The Hall–Kier alpha value is -0.880. The molecule has 1 aliphatic heterocycles. The second-order valence-electron chi connectivity index (χ2n) is 7.23. The minimum atomic E-state index is -3.17. The van der Waals surface area contributed by atoms with Gasteiger partial charge in [-0.05, 0) is 44.9 Å². The molecule has 23 heavy (non-hydrogen) atoms. The van der Waals surface area contributed by atoms with E-state index in [1.54, 1.807) is 4.31 Å². The molecule has 130 valence electrons. The minimum Gasteiger partial charge on any atom is -0.342 e. The van der Waals surface area contributed by atoms with Crippen molar-refractivity contribution in [3.63, 3.8) is 0 Å².